The van der Waals surface area contributed by atoms with E-state index in [9.17, 15) is 0 Å². The molecule has 1 heterocycles. The first-order chi connectivity index (χ1) is 14.1. The van der Waals surface area contributed by atoms with Crippen molar-refractivity contribution in [3.8, 4) is 0 Å². The van der Waals surface area contributed by atoms with Crippen LogP contribution in [0.5, 0.6) is 0 Å². The lowest BCUT2D eigenvalue weighted by molar-refractivity contribution is -0.213. The second kappa shape index (κ2) is 7.98. The van der Waals surface area contributed by atoms with Gasteiger partial charge < -0.3 is 14.2 Å². The van der Waals surface area contributed by atoms with E-state index < -0.39 is 0 Å². The molecule has 0 amide bonds. The van der Waals surface area contributed by atoms with Crippen molar-refractivity contribution in [3.05, 3.63) is 34.9 Å². The minimum absolute atomic E-state index is 0.0401. The first kappa shape index (κ1) is 20.0. The fraction of sp³-hybridized carbons (Fsp3) is 0.769. The summed E-state index contributed by atoms with van der Waals surface area (Å²) in [5.74, 6) is 2.80. The molecule has 3 aliphatic carbocycles. The van der Waals surface area contributed by atoms with Crippen LogP contribution in [0.1, 0.15) is 86.8 Å². The highest BCUT2D eigenvalue weighted by Gasteiger charge is 2.56. The summed E-state index contributed by atoms with van der Waals surface area (Å²) in [6, 6.07) is 7.19. The third-order valence-corrected chi connectivity index (χ3v) is 8.81. The molecule has 3 fully saturated rings. The number of ether oxygens (including phenoxy) is 3. The molecule has 0 spiro atoms. The summed E-state index contributed by atoms with van der Waals surface area (Å²) in [5.41, 5.74) is 4.88. The van der Waals surface area contributed by atoms with Gasteiger partial charge in [-0.2, -0.15) is 0 Å². The van der Waals surface area contributed by atoms with Gasteiger partial charge in [-0.05, 0) is 92.6 Å². The highest BCUT2D eigenvalue weighted by Crippen LogP contribution is 2.63. The quantitative estimate of drug-likeness (QED) is 0.627. The Bertz CT molecular complexity index is 725. The van der Waals surface area contributed by atoms with E-state index in [4.69, 9.17) is 14.2 Å². The van der Waals surface area contributed by atoms with Gasteiger partial charge in [0, 0.05) is 19.6 Å². The lowest BCUT2D eigenvalue weighted by Crippen LogP contribution is -2.46. The number of hydrogen-bond acceptors (Lipinski definition) is 3. The number of benzene rings is 1. The van der Waals surface area contributed by atoms with Crippen LogP contribution in [0.25, 0.3) is 0 Å². The van der Waals surface area contributed by atoms with Gasteiger partial charge in [0.2, 0.25) is 0 Å². The number of methoxy groups -OCH3 is 1. The number of rotatable bonds is 4. The van der Waals surface area contributed by atoms with E-state index in [2.05, 4.69) is 32.0 Å². The summed E-state index contributed by atoms with van der Waals surface area (Å²) in [4.78, 5) is 0. The number of hydrogen-bond donors (Lipinski definition) is 0. The first-order valence-corrected chi connectivity index (χ1v) is 12.0. The van der Waals surface area contributed by atoms with E-state index in [1.807, 2.05) is 7.11 Å². The normalized spacial score (nSPS) is 41.5. The average molecular weight is 399 g/mol. The Balaban J connectivity index is 1.40. The second-order valence-electron chi connectivity index (χ2n) is 10.4. The van der Waals surface area contributed by atoms with Crippen LogP contribution >= 0.6 is 0 Å². The summed E-state index contributed by atoms with van der Waals surface area (Å²) in [5, 5.41) is 0. The van der Waals surface area contributed by atoms with Crippen molar-refractivity contribution in [2.75, 3.05) is 20.3 Å². The van der Waals surface area contributed by atoms with Gasteiger partial charge in [-0.15, -0.1) is 0 Å². The predicted octanol–water partition coefficient (Wildman–Crippen LogP) is 5.95. The van der Waals surface area contributed by atoms with Crippen LogP contribution in [-0.4, -0.2) is 32.7 Å². The SMILES string of the molecule is COC[C@@H]1CC2C(CC[C@@]3(C)C2CC[C@@H]3OC2CCCCO2)c2ccc(C)cc21. The Kier molecular flexibility index (Phi) is 5.51. The zero-order valence-corrected chi connectivity index (χ0v) is 18.5. The summed E-state index contributed by atoms with van der Waals surface area (Å²) in [6.07, 6.45) is 10.3. The highest BCUT2D eigenvalue weighted by molar-refractivity contribution is 5.40. The highest BCUT2D eigenvalue weighted by atomic mass is 16.7. The maximum Gasteiger partial charge on any atom is 0.157 e. The third kappa shape index (κ3) is 3.47. The van der Waals surface area contributed by atoms with Crippen molar-refractivity contribution >= 4 is 0 Å². The maximum absolute atomic E-state index is 6.62. The van der Waals surface area contributed by atoms with Gasteiger partial charge in [0.05, 0.1) is 12.7 Å². The molecule has 0 N–H and O–H groups in total. The topological polar surface area (TPSA) is 27.7 Å². The molecule has 0 radical (unpaired) electrons. The molecule has 0 aromatic heterocycles. The zero-order valence-electron chi connectivity index (χ0n) is 18.5. The smallest absolute Gasteiger partial charge is 0.157 e. The standard InChI is InChI=1S/C26H38O3/c1-17-7-8-19-20-11-12-26(2)23(22(20)15-18(16-27-3)21(19)14-17)9-10-24(26)29-25-6-4-5-13-28-25/h7-8,14,18,20,22-25H,4-6,9-13,15-16H2,1-3H3/t18-,20?,22?,23?,24-,25?,26-/m0/s1. The summed E-state index contributed by atoms with van der Waals surface area (Å²) in [6.45, 7) is 6.47. The molecule has 7 atom stereocenters. The Morgan fingerprint density at radius 3 is 2.79 bits per heavy atom. The van der Waals surface area contributed by atoms with Gasteiger partial charge in [0.1, 0.15) is 0 Å². The fourth-order valence-corrected chi connectivity index (χ4v) is 7.38. The molecule has 29 heavy (non-hydrogen) atoms. The summed E-state index contributed by atoms with van der Waals surface area (Å²) < 4.78 is 18.2. The van der Waals surface area contributed by atoms with E-state index >= 15 is 0 Å². The second-order valence-corrected chi connectivity index (χ2v) is 10.4. The van der Waals surface area contributed by atoms with Gasteiger partial charge in [0.15, 0.2) is 6.29 Å². The van der Waals surface area contributed by atoms with Gasteiger partial charge >= 0.3 is 0 Å². The van der Waals surface area contributed by atoms with Crippen LogP contribution in [0, 0.1) is 24.2 Å². The van der Waals surface area contributed by atoms with E-state index in [1.165, 1.54) is 50.5 Å². The maximum atomic E-state index is 6.62. The molecule has 3 heteroatoms. The minimum atomic E-state index is 0.0401. The molecule has 1 aromatic carbocycles. The van der Waals surface area contributed by atoms with Gasteiger partial charge in [-0.25, -0.2) is 0 Å². The Hall–Kier alpha value is -0.900. The molecule has 1 saturated heterocycles. The molecule has 2 saturated carbocycles. The van der Waals surface area contributed by atoms with Crippen molar-refractivity contribution in [1.82, 2.24) is 0 Å². The summed E-state index contributed by atoms with van der Waals surface area (Å²) in [7, 11) is 1.86. The average Bonchev–Trinajstić information content (AvgIpc) is 3.05. The van der Waals surface area contributed by atoms with Crippen molar-refractivity contribution in [1.29, 1.82) is 0 Å². The molecule has 0 bridgehead atoms. The van der Waals surface area contributed by atoms with Gasteiger partial charge in [0.25, 0.3) is 0 Å². The van der Waals surface area contributed by atoms with Crippen molar-refractivity contribution < 1.29 is 14.2 Å². The van der Waals surface area contributed by atoms with Crippen LogP contribution in [0.2, 0.25) is 0 Å². The van der Waals surface area contributed by atoms with Crippen molar-refractivity contribution in [2.24, 2.45) is 17.3 Å². The monoisotopic (exact) mass is 398 g/mol. The lowest BCUT2D eigenvalue weighted by atomic mass is 9.54. The molecule has 160 valence electrons. The lowest BCUT2D eigenvalue weighted by Gasteiger charge is -2.52. The minimum Gasteiger partial charge on any atom is -0.384 e. The van der Waals surface area contributed by atoms with Crippen molar-refractivity contribution in [2.45, 2.75) is 89.4 Å². The Morgan fingerprint density at radius 1 is 1.10 bits per heavy atom. The third-order valence-electron chi connectivity index (χ3n) is 8.81. The summed E-state index contributed by atoms with van der Waals surface area (Å²) >= 11 is 0. The molecule has 5 rings (SSSR count). The van der Waals surface area contributed by atoms with Crippen molar-refractivity contribution in [3.63, 3.8) is 0 Å². The van der Waals surface area contributed by atoms with E-state index in [1.54, 1.807) is 11.1 Å². The van der Waals surface area contributed by atoms with Crippen LogP contribution in [-0.2, 0) is 14.2 Å². The Labute approximate surface area is 176 Å². The van der Waals surface area contributed by atoms with Crippen LogP contribution < -0.4 is 0 Å². The fourth-order valence-electron chi connectivity index (χ4n) is 7.38. The Morgan fingerprint density at radius 2 is 2.00 bits per heavy atom. The van der Waals surface area contributed by atoms with Gasteiger partial charge in [-0.1, -0.05) is 30.7 Å². The molecular weight excluding hydrogens is 360 g/mol. The van der Waals surface area contributed by atoms with E-state index in [0.717, 1.165) is 37.4 Å². The zero-order chi connectivity index (χ0) is 20.0. The van der Waals surface area contributed by atoms with Gasteiger partial charge in [-0.3, -0.25) is 0 Å². The molecule has 4 aliphatic rings. The van der Waals surface area contributed by atoms with E-state index in [0.29, 0.717) is 17.4 Å². The largest absolute Gasteiger partial charge is 0.384 e. The predicted molar refractivity (Wildman–Crippen MR) is 115 cm³/mol. The molecule has 1 aromatic rings. The molecule has 4 unspecified atom stereocenters. The number of fused-ring (bicyclic) bond motifs is 5. The first-order valence-electron chi connectivity index (χ1n) is 12.0. The van der Waals surface area contributed by atoms with Crippen LogP contribution in [0.3, 0.4) is 0 Å². The van der Waals surface area contributed by atoms with Crippen LogP contribution in [0.4, 0.5) is 0 Å². The molecular formula is C26H38O3. The number of aryl methyl sites for hydroxylation is 1. The molecule has 1 aliphatic heterocycles. The van der Waals surface area contributed by atoms with Crippen LogP contribution in [0.15, 0.2) is 18.2 Å². The van der Waals surface area contributed by atoms with E-state index in [-0.39, 0.29) is 6.29 Å². The molecule has 3 nitrogen and oxygen atoms in total.